The first-order valence-electron chi connectivity index (χ1n) is 10.2. The van der Waals surface area contributed by atoms with Crippen LogP contribution in [0.15, 0.2) is 42.9 Å². The zero-order valence-electron chi connectivity index (χ0n) is 16.9. The number of hydrogen-bond donors (Lipinski definition) is 1. The molecule has 1 aliphatic carbocycles. The number of carbonyl (C=O) groups excluding carboxylic acids is 1. The summed E-state index contributed by atoms with van der Waals surface area (Å²) >= 11 is 5.96. The summed E-state index contributed by atoms with van der Waals surface area (Å²) in [6.07, 6.45) is 9.09. The first-order valence-corrected chi connectivity index (χ1v) is 10.6. The summed E-state index contributed by atoms with van der Waals surface area (Å²) in [5.74, 6) is 0.851. The van der Waals surface area contributed by atoms with Crippen molar-refractivity contribution in [3.8, 4) is 0 Å². The predicted octanol–water partition coefficient (Wildman–Crippen LogP) is 5.21. The van der Waals surface area contributed by atoms with Gasteiger partial charge < -0.3 is 14.7 Å². The first kappa shape index (κ1) is 19.9. The van der Waals surface area contributed by atoms with Crippen molar-refractivity contribution < 1.29 is 4.79 Å². The van der Waals surface area contributed by atoms with E-state index in [9.17, 15) is 4.79 Å². The summed E-state index contributed by atoms with van der Waals surface area (Å²) in [4.78, 5) is 21.1. The van der Waals surface area contributed by atoms with E-state index in [0.29, 0.717) is 23.4 Å². The van der Waals surface area contributed by atoms with E-state index >= 15 is 0 Å². The van der Waals surface area contributed by atoms with Gasteiger partial charge in [0.15, 0.2) is 5.65 Å². The van der Waals surface area contributed by atoms with Gasteiger partial charge in [-0.05, 0) is 73.4 Å². The molecule has 0 saturated heterocycles. The van der Waals surface area contributed by atoms with Crippen LogP contribution in [-0.4, -0.2) is 27.4 Å². The van der Waals surface area contributed by atoms with Gasteiger partial charge in [-0.15, -0.1) is 0 Å². The SMILES string of the molecule is Cn1cnc2c1nccc2[C@H]1CC[C@@H](C(C)(C=O)CNc2ccc(Cl)cc2)CC1. The van der Waals surface area contributed by atoms with Crippen molar-refractivity contribution in [2.45, 2.75) is 38.5 Å². The Bertz CT molecular complexity index is 992. The van der Waals surface area contributed by atoms with Gasteiger partial charge in [-0.3, -0.25) is 0 Å². The molecule has 6 heteroatoms. The van der Waals surface area contributed by atoms with Crippen molar-refractivity contribution in [2.24, 2.45) is 18.4 Å². The minimum absolute atomic E-state index is 0.372. The van der Waals surface area contributed by atoms with Crippen molar-refractivity contribution in [1.29, 1.82) is 0 Å². The van der Waals surface area contributed by atoms with Gasteiger partial charge in [0.2, 0.25) is 0 Å². The molecule has 1 atom stereocenters. The summed E-state index contributed by atoms with van der Waals surface area (Å²) in [6.45, 7) is 2.71. The molecule has 0 spiro atoms. The maximum atomic E-state index is 12.0. The van der Waals surface area contributed by atoms with E-state index in [4.69, 9.17) is 11.6 Å². The van der Waals surface area contributed by atoms with Crippen molar-refractivity contribution in [3.05, 3.63) is 53.4 Å². The molecule has 1 aromatic carbocycles. The van der Waals surface area contributed by atoms with E-state index in [2.05, 4.69) is 28.3 Å². The number of nitrogens with zero attached hydrogens (tertiary/aromatic N) is 3. The van der Waals surface area contributed by atoms with Crippen LogP contribution in [0.3, 0.4) is 0 Å². The van der Waals surface area contributed by atoms with Gasteiger partial charge in [0, 0.05) is 35.9 Å². The van der Waals surface area contributed by atoms with E-state index in [0.717, 1.165) is 48.8 Å². The molecule has 1 aliphatic rings. The highest BCUT2D eigenvalue weighted by Crippen LogP contribution is 2.44. The Hall–Kier alpha value is -2.40. The second-order valence-corrected chi connectivity index (χ2v) is 8.90. The number of hydrogen-bond acceptors (Lipinski definition) is 4. The average Bonchev–Trinajstić information content (AvgIpc) is 3.14. The van der Waals surface area contributed by atoms with Crippen molar-refractivity contribution in [3.63, 3.8) is 0 Å². The lowest BCUT2D eigenvalue weighted by Crippen LogP contribution is -2.38. The van der Waals surface area contributed by atoms with Gasteiger partial charge in [0.25, 0.3) is 0 Å². The Labute approximate surface area is 176 Å². The van der Waals surface area contributed by atoms with E-state index in [1.807, 2.05) is 48.4 Å². The maximum Gasteiger partial charge on any atom is 0.159 e. The molecule has 1 saturated carbocycles. The molecule has 1 fully saturated rings. The van der Waals surface area contributed by atoms with Crippen LogP contribution in [0.2, 0.25) is 5.02 Å². The van der Waals surface area contributed by atoms with Crippen molar-refractivity contribution in [2.75, 3.05) is 11.9 Å². The van der Waals surface area contributed by atoms with Crippen LogP contribution in [0.1, 0.15) is 44.1 Å². The molecule has 3 aromatic rings. The quantitative estimate of drug-likeness (QED) is 0.566. The fourth-order valence-corrected chi connectivity index (χ4v) is 4.71. The molecular formula is C23H27ClN4O. The summed E-state index contributed by atoms with van der Waals surface area (Å²) < 4.78 is 1.97. The van der Waals surface area contributed by atoms with Crippen LogP contribution in [0.4, 0.5) is 5.69 Å². The second kappa shape index (κ2) is 8.15. The molecule has 0 bridgehead atoms. The number of nitrogens with one attached hydrogen (secondary N) is 1. The van der Waals surface area contributed by atoms with Gasteiger partial charge in [0.05, 0.1) is 6.33 Å². The summed E-state index contributed by atoms with van der Waals surface area (Å²) in [5, 5.41) is 4.13. The van der Waals surface area contributed by atoms with Gasteiger partial charge in [-0.25, -0.2) is 9.97 Å². The molecule has 2 aromatic heterocycles. The third-order valence-electron chi connectivity index (χ3n) is 6.52. The summed E-state index contributed by atoms with van der Waals surface area (Å²) in [7, 11) is 1.98. The Kier molecular flexibility index (Phi) is 5.59. The van der Waals surface area contributed by atoms with Crippen LogP contribution in [0.5, 0.6) is 0 Å². The Morgan fingerprint density at radius 1 is 1.17 bits per heavy atom. The number of carbonyl (C=O) groups is 1. The minimum atomic E-state index is -0.386. The molecule has 0 aliphatic heterocycles. The highest BCUT2D eigenvalue weighted by molar-refractivity contribution is 6.30. The van der Waals surface area contributed by atoms with Gasteiger partial charge in [-0.1, -0.05) is 18.5 Å². The maximum absolute atomic E-state index is 12.0. The number of rotatable bonds is 6. The summed E-state index contributed by atoms with van der Waals surface area (Å²) in [5.41, 5.74) is 3.85. The number of benzene rings is 1. The monoisotopic (exact) mass is 410 g/mol. The molecule has 29 heavy (non-hydrogen) atoms. The second-order valence-electron chi connectivity index (χ2n) is 8.46. The molecule has 1 N–H and O–H groups in total. The molecular weight excluding hydrogens is 384 g/mol. The molecule has 2 heterocycles. The standard InChI is InChI=1S/C23H27ClN4O/c1-23(14-29,13-26-19-9-7-18(24)8-10-19)17-5-3-16(4-6-17)20-11-12-25-22-21(20)27-15-28(22)2/h7-12,14-17,26H,3-6,13H2,1-2H3/t16-,17+,23?. The third-order valence-corrected chi connectivity index (χ3v) is 6.77. The summed E-state index contributed by atoms with van der Waals surface area (Å²) in [6, 6.07) is 9.74. The van der Waals surface area contributed by atoms with E-state index in [1.165, 1.54) is 5.56 Å². The topological polar surface area (TPSA) is 59.8 Å². The van der Waals surface area contributed by atoms with Gasteiger partial charge in [-0.2, -0.15) is 0 Å². The fourth-order valence-electron chi connectivity index (χ4n) is 4.58. The van der Waals surface area contributed by atoms with Gasteiger partial charge >= 0.3 is 0 Å². The number of aryl methyl sites for hydroxylation is 1. The average molecular weight is 411 g/mol. The predicted molar refractivity (Wildman–Crippen MR) is 117 cm³/mol. The molecule has 1 unspecified atom stereocenters. The number of imidazole rings is 1. The number of halogens is 1. The van der Waals surface area contributed by atoms with Crippen LogP contribution in [0.25, 0.3) is 11.2 Å². The number of anilines is 1. The Morgan fingerprint density at radius 2 is 1.90 bits per heavy atom. The fraction of sp³-hybridized carbons (Fsp3) is 0.435. The molecule has 0 radical (unpaired) electrons. The first-order chi connectivity index (χ1) is 14.0. The lowest BCUT2D eigenvalue weighted by Gasteiger charge is -2.38. The zero-order chi connectivity index (χ0) is 20.4. The zero-order valence-corrected chi connectivity index (χ0v) is 17.7. The van der Waals surface area contributed by atoms with Crippen molar-refractivity contribution >= 4 is 34.7 Å². The van der Waals surface area contributed by atoms with Crippen LogP contribution in [0, 0.1) is 11.3 Å². The molecule has 0 amide bonds. The number of aromatic nitrogens is 3. The van der Waals surface area contributed by atoms with Crippen LogP contribution < -0.4 is 5.32 Å². The smallest absolute Gasteiger partial charge is 0.159 e. The molecule has 5 nitrogen and oxygen atoms in total. The highest BCUT2D eigenvalue weighted by Gasteiger charge is 2.37. The number of aldehydes is 1. The lowest BCUT2D eigenvalue weighted by molar-refractivity contribution is -0.118. The van der Waals surface area contributed by atoms with Crippen molar-refractivity contribution in [1.82, 2.24) is 14.5 Å². The van der Waals surface area contributed by atoms with Crippen LogP contribution >= 0.6 is 11.6 Å². The minimum Gasteiger partial charge on any atom is -0.384 e. The highest BCUT2D eigenvalue weighted by atomic mass is 35.5. The van der Waals surface area contributed by atoms with Crippen LogP contribution in [-0.2, 0) is 11.8 Å². The van der Waals surface area contributed by atoms with Gasteiger partial charge in [0.1, 0.15) is 11.8 Å². The Balaban J connectivity index is 1.43. The lowest BCUT2D eigenvalue weighted by atomic mass is 9.67. The third kappa shape index (κ3) is 4.01. The normalized spacial score (nSPS) is 21.6. The van der Waals surface area contributed by atoms with E-state index in [1.54, 1.807) is 0 Å². The number of pyridine rings is 1. The molecule has 152 valence electrons. The van der Waals surface area contributed by atoms with E-state index < -0.39 is 0 Å². The molecule has 4 rings (SSSR count). The van der Waals surface area contributed by atoms with E-state index in [-0.39, 0.29) is 5.41 Å². The number of fused-ring (bicyclic) bond motifs is 1. The largest absolute Gasteiger partial charge is 0.384 e. The Morgan fingerprint density at radius 3 is 2.59 bits per heavy atom.